The highest BCUT2D eigenvalue weighted by molar-refractivity contribution is 6.00. The highest BCUT2D eigenvalue weighted by Gasteiger charge is 2.12. The molecule has 29 heavy (non-hydrogen) atoms. The molecule has 138 valence electrons. The molecule has 4 aromatic carbocycles. The molecule has 0 saturated carbocycles. The molecule has 0 amide bonds. The molecule has 1 heterocycles. The van der Waals surface area contributed by atoms with E-state index in [2.05, 4.69) is 91.0 Å². The fourth-order valence-electron chi connectivity index (χ4n) is 3.79. The number of hydrogen-bond donors (Lipinski definition) is 0. The van der Waals surface area contributed by atoms with Crippen LogP contribution in [0.4, 0.5) is 0 Å². The molecule has 0 bridgehead atoms. The normalized spacial score (nSPS) is 10.9. The summed E-state index contributed by atoms with van der Waals surface area (Å²) >= 11 is 0. The number of aryl methyl sites for hydroxylation is 1. The zero-order valence-corrected chi connectivity index (χ0v) is 16.2. The SMILES string of the molecule is Cc1nc(-c2ccc(-c3ccccc3)cc2)c2cccc(-c3ccccc3)c2n1. The third kappa shape index (κ3) is 3.30. The number of nitrogens with zero attached hydrogens (tertiary/aromatic N) is 2. The molecule has 0 N–H and O–H groups in total. The summed E-state index contributed by atoms with van der Waals surface area (Å²) in [5.41, 5.74) is 7.80. The maximum atomic E-state index is 4.80. The Morgan fingerprint density at radius 1 is 0.483 bits per heavy atom. The van der Waals surface area contributed by atoms with Crippen molar-refractivity contribution in [2.75, 3.05) is 0 Å². The predicted molar refractivity (Wildman–Crippen MR) is 121 cm³/mol. The predicted octanol–water partition coefficient (Wildman–Crippen LogP) is 6.94. The van der Waals surface area contributed by atoms with E-state index >= 15 is 0 Å². The Balaban J connectivity index is 1.66. The van der Waals surface area contributed by atoms with Crippen LogP contribution in [0.15, 0.2) is 103 Å². The molecule has 0 aliphatic carbocycles. The molecule has 5 rings (SSSR count). The van der Waals surface area contributed by atoms with Gasteiger partial charge in [0.05, 0.1) is 11.2 Å². The first kappa shape index (κ1) is 17.3. The van der Waals surface area contributed by atoms with Gasteiger partial charge in [-0.05, 0) is 23.6 Å². The van der Waals surface area contributed by atoms with E-state index in [1.54, 1.807) is 0 Å². The Bertz CT molecular complexity index is 1280. The molecular formula is C27H20N2. The second kappa shape index (κ2) is 7.33. The van der Waals surface area contributed by atoms with Crippen LogP contribution in [0.1, 0.15) is 5.82 Å². The van der Waals surface area contributed by atoms with Gasteiger partial charge in [0.15, 0.2) is 0 Å². The number of benzene rings is 4. The average Bonchev–Trinajstić information content (AvgIpc) is 2.79. The molecular weight excluding hydrogens is 352 g/mol. The van der Waals surface area contributed by atoms with E-state index in [4.69, 9.17) is 9.97 Å². The average molecular weight is 372 g/mol. The lowest BCUT2D eigenvalue weighted by Gasteiger charge is -2.12. The van der Waals surface area contributed by atoms with Crippen LogP contribution in [0, 0.1) is 6.92 Å². The maximum Gasteiger partial charge on any atom is 0.126 e. The van der Waals surface area contributed by atoms with E-state index in [0.29, 0.717) is 0 Å². The highest BCUT2D eigenvalue weighted by atomic mass is 14.9. The smallest absolute Gasteiger partial charge is 0.126 e. The Hall–Kier alpha value is -3.78. The van der Waals surface area contributed by atoms with E-state index in [1.165, 1.54) is 16.7 Å². The lowest BCUT2D eigenvalue weighted by Crippen LogP contribution is -1.96. The summed E-state index contributed by atoms with van der Waals surface area (Å²) in [6.07, 6.45) is 0. The van der Waals surface area contributed by atoms with Crippen molar-refractivity contribution < 1.29 is 0 Å². The van der Waals surface area contributed by atoms with Crippen molar-refractivity contribution in [3.8, 4) is 33.5 Å². The number of para-hydroxylation sites is 1. The van der Waals surface area contributed by atoms with E-state index in [0.717, 1.165) is 33.5 Å². The van der Waals surface area contributed by atoms with Crippen LogP contribution in [0.2, 0.25) is 0 Å². The van der Waals surface area contributed by atoms with Gasteiger partial charge in [-0.25, -0.2) is 9.97 Å². The minimum Gasteiger partial charge on any atom is -0.233 e. The molecule has 5 aromatic rings. The first-order chi connectivity index (χ1) is 14.3. The largest absolute Gasteiger partial charge is 0.233 e. The molecule has 1 aromatic heterocycles. The summed E-state index contributed by atoms with van der Waals surface area (Å²) in [5.74, 6) is 0.781. The number of aromatic nitrogens is 2. The molecule has 0 spiro atoms. The zero-order chi connectivity index (χ0) is 19.6. The van der Waals surface area contributed by atoms with Crippen LogP contribution >= 0.6 is 0 Å². The van der Waals surface area contributed by atoms with Gasteiger partial charge in [-0.2, -0.15) is 0 Å². The fraction of sp³-hybridized carbons (Fsp3) is 0.0370. The lowest BCUT2D eigenvalue weighted by atomic mass is 9.98. The van der Waals surface area contributed by atoms with E-state index in [9.17, 15) is 0 Å². The molecule has 0 atom stereocenters. The second-order valence-electron chi connectivity index (χ2n) is 7.13. The zero-order valence-electron chi connectivity index (χ0n) is 16.2. The summed E-state index contributed by atoms with van der Waals surface area (Å²) in [6.45, 7) is 1.96. The number of fused-ring (bicyclic) bond motifs is 1. The van der Waals surface area contributed by atoms with Gasteiger partial charge in [-0.3, -0.25) is 0 Å². The molecule has 0 aliphatic rings. The third-order valence-electron chi connectivity index (χ3n) is 5.19. The molecule has 0 fully saturated rings. The van der Waals surface area contributed by atoms with Crippen molar-refractivity contribution in [2.45, 2.75) is 6.92 Å². The Morgan fingerprint density at radius 2 is 1.07 bits per heavy atom. The minimum absolute atomic E-state index is 0.781. The summed E-state index contributed by atoms with van der Waals surface area (Å²) in [7, 11) is 0. The Kier molecular flexibility index (Phi) is 4.38. The van der Waals surface area contributed by atoms with Crippen molar-refractivity contribution in [3.63, 3.8) is 0 Å². The van der Waals surface area contributed by atoms with Gasteiger partial charge in [0.25, 0.3) is 0 Å². The van der Waals surface area contributed by atoms with Crippen LogP contribution in [0.3, 0.4) is 0 Å². The van der Waals surface area contributed by atoms with Gasteiger partial charge in [-0.15, -0.1) is 0 Å². The van der Waals surface area contributed by atoms with Crippen LogP contribution in [0.25, 0.3) is 44.4 Å². The minimum atomic E-state index is 0.781. The maximum absolute atomic E-state index is 4.80. The van der Waals surface area contributed by atoms with E-state index in [-0.39, 0.29) is 0 Å². The highest BCUT2D eigenvalue weighted by Crippen LogP contribution is 2.33. The van der Waals surface area contributed by atoms with Gasteiger partial charge in [-0.1, -0.05) is 103 Å². The fourth-order valence-corrected chi connectivity index (χ4v) is 3.79. The van der Waals surface area contributed by atoms with Crippen molar-refractivity contribution >= 4 is 10.9 Å². The first-order valence-electron chi connectivity index (χ1n) is 9.78. The van der Waals surface area contributed by atoms with E-state index < -0.39 is 0 Å². The Labute approximate surface area is 170 Å². The molecule has 0 saturated heterocycles. The van der Waals surface area contributed by atoms with Crippen molar-refractivity contribution in [1.82, 2.24) is 9.97 Å². The summed E-state index contributed by atoms with van der Waals surface area (Å²) in [4.78, 5) is 9.59. The van der Waals surface area contributed by atoms with Gasteiger partial charge in [0.1, 0.15) is 5.82 Å². The quantitative estimate of drug-likeness (QED) is 0.343. The molecule has 0 radical (unpaired) electrons. The van der Waals surface area contributed by atoms with E-state index in [1.807, 2.05) is 19.1 Å². The topological polar surface area (TPSA) is 25.8 Å². The van der Waals surface area contributed by atoms with Gasteiger partial charge in [0, 0.05) is 16.5 Å². The molecule has 2 heteroatoms. The molecule has 0 unspecified atom stereocenters. The van der Waals surface area contributed by atoms with Crippen LogP contribution in [-0.4, -0.2) is 9.97 Å². The van der Waals surface area contributed by atoms with Gasteiger partial charge >= 0.3 is 0 Å². The summed E-state index contributed by atoms with van der Waals surface area (Å²) < 4.78 is 0. The summed E-state index contributed by atoms with van der Waals surface area (Å²) in [5, 5.41) is 1.07. The molecule has 0 aliphatic heterocycles. The standard InChI is InChI=1S/C27H20N2/c1-19-28-26(23-17-15-21(16-18-23)20-9-4-2-5-10-20)25-14-8-13-24(27(25)29-19)22-11-6-3-7-12-22/h2-18H,1H3. The number of hydrogen-bond acceptors (Lipinski definition) is 2. The number of rotatable bonds is 3. The van der Waals surface area contributed by atoms with Gasteiger partial charge in [0.2, 0.25) is 0 Å². The first-order valence-corrected chi connectivity index (χ1v) is 9.78. The van der Waals surface area contributed by atoms with Crippen LogP contribution < -0.4 is 0 Å². The lowest BCUT2D eigenvalue weighted by molar-refractivity contribution is 1.10. The van der Waals surface area contributed by atoms with Gasteiger partial charge < -0.3 is 0 Å². The Morgan fingerprint density at radius 3 is 1.76 bits per heavy atom. The van der Waals surface area contributed by atoms with Crippen LogP contribution in [-0.2, 0) is 0 Å². The van der Waals surface area contributed by atoms with Crippen LogP contribution in [0.5, 0.6) is 0 Å². The molecule has 2 nitrogen and oxygen atoms in total. The van der Waals surface area contributed by atoms with Crippen molar-refractivity contribution in [1.29, 1.82) is 0 Å². The second-order valence-corrected chi connectivity index (χ2v) is 7.13. The van der Waals surface area contributed by atoms with Crippen molar-refractivity contribution in [3.05, 3.63) is 109 Å². The van der Waals surface area contributed by atoms with Crippen molar-refractivity contribution in [2.24, 2.45) is 0 Å². The monoisotopic (exact) mass is 372 g/mol. The third-order valence-corrected chi connectivity index (χ3v) is 5.19. The summed E-state index contributed by atoms with van der Waals surface area (Å²) in [6, 6.07) is 35.8.